The van der Waals surface area contributed by atoms with Gasteiger partial charge in [-0.25, -0.2) is 4.79 Å². The average molecular weight is 197 g/mol. The Hall–Kier alpha value is -1.29. The molecule has 1 rings (SSSR count). The van der Waals surface area contributed by atoms with E-state index >= 15 is 0 Å². The van der Waals surface area contributed by atoms with Crippen molar-refractivity contribution in [1.82, 2.24) is 4.57 Å². The highest BCUT2D eigenvalue weighted by atomic mass is 16.5. The Kier molecular flexibility index (Phi) is 3.30. The van der Waals surface area contributed by atoms with Gasteiger partial charge in [0.05, 0.1) is 17.9 Å². The zero-order valence-corrected chi connectivity index (χ0v) is 8.65. The van der Waals surface area contributed by atoms with E-state index < -0.39 is 5.97 Å². The van der Waals surface area contributed by atoms with Crippen molar-refractivity contribution in [1.29, 1.82) is 0 Å². The Balaban J connectivity index is 3.13. The number of rotatable bonds is 4. The number of carbonyl (C=O) groups is 1. The Morgan fingerprint density at radius 1 is 1.64 bits per heavy atom. The fourth-order valence-electron chi connectivity index (χ4n) is 1.45. The monoisotopic (exact) mass is 197 g/mol. The van der Waals surface area contributed by atoms with Crippen LogP contribution < -0.4 is 0 Å². The largest absolute Gasteiger partial charge is 0.478 e. The van der Waals surface area contributed by atoms with Crippen LogP contribution in [0.4, 0.5) is 0 Å². The Morgan fingerprint density at radius 3 is 2.71 bits per heavy atom. The number of carboxylic acid groups (broad SMARTS) is 1. The zero-order valence-electron chi connectivity index (χ0n) is 8.65. The van der Waals surface area contributed by atoms with Gasteiger partial charge in [0.1, 0.15) is 0 Å². The molecule has 1 N–H and O–H groups in total. The van der Waals surface area contributed by atoms with Crippen molar-refractivity contribution in [3.63, 3.8) is 0 Å². The first-order valence-corrected chi connectivity index (χ1v) is 4.49. The number of ether oxygens (including phenoxy) is 1. The summed E-state index contributed by atoms with van der Waals surface area (Å²) in [7, 11) is 1.56. The van der Waals surface area contributed by atoms with Gasteiger partial charge in [0.25, 0.3) is 0 Å². The van der Waals surface area contributed by atoms with E-state index in [2.05, 4.69) is 0 Å². The summed E-state index contributed by atoms with van der Waals surface area (Å²) in [4.78, 5) is 10.9. The summed E-state index contributed by atoms with van der Waals surface area (Å²) in [6, 6.07) is 1.85. The highest BCUT2D eigenvalue weighted by Crippen LogP contribution is 2.17. The molecule has 0 radical (unpaired) electrons. The van der Waals surface area contributed by atoms with Crippen LogP contribution in [0.5, 0.6) is 0 Å². The van der Waals surface area contributed by atoms with Gasteiger partial charge in [-0.3, -0.25) is 0 Å². The van der Waals surface area contributed by atoms with Crippen LogP contribution >= 0.6 is 0 Å². The van der Waals surface area contributed by atoms with Gasteiger partial charge in [0, 0.05) is 19.3 Å². The number of methoxy groups -OCH3 is 1. The predicted molar refractivity (Wildman–Crippen MR) is 52.5 cm³/mol. The van der Waals surface area contributed by atoms with Crippen molar-refractivity contribution in [3.05, 3.63) is 23.5 Å². The second kappa shape index (κ2) is 4.28. The third kappa shape index (κ3) is 1.96. The molecule has 4 nitrogen and oxygen atoms in total. The molecule has 0 spiro atoms. The standard InChI is InChI=1S/C10H15NO3/c1-7(2)11-5-4-8(10(12)13)9(11)6-14-3/h4-5,7H,6H2,1-3H3,(H,12,13). The van der Waals surface area contributed by atoms with Gasteiger partial charge < -0.3 is 14.4 Å². The second-order valence-corrected chi connectivity index (χ2v) is 3.42. The van der Waals surface area contributed by atoms with Crippen molar-refractivity contribution >= 4 is 5.97 Å². The summed E-state index contributed by atoms with van der Waals surface area (Å²) in [6.45, 7) is 4.34. The number of hydrogen-bond acceptors (Lipinski definition) is 2. The van der Waals surface area contributed by atoms with Gasteiger partial charge in [-0.1, -0.05) is 0 Å². The third-order valence-corrected chi connectivity index (χ3v) is 2.09. The van der Waals surface area contributed by atoms with Crippen molar-refractivity contribution in [2.75, 3.05) is 7.11 Å². The quantitative estimate of drug-likeness (QED) is 0.802. The van der Waals surface area contributed by atoms with Crippen molar-refractivity contribution in [2.45, 2.75) is 26.5 Å². The first-order chi connectivity index (χ1) is 6.57. The molecule has 0 saturated carbocycles. The maximum absolute atomic E-state index is 10.9. The zero-order chi connectivity index (χ0) is 10.7. The normalized spacial score (nSPS) is 10.9. The van der Waals surface area contributed by atoms with Gasteiger partial charge in [-0.05, 0) is 19.9 Å². The molecule has 0 aromatic carbocycles. The topological polar surface area (TPSA) is 51.5 Å². The number of aromatic carboxylic acids is 1. The molecule has 1 heterocycles. The fraction of sp³-hybridized carbons (Fsp3) is 0.500. The van der Waals surface area contributed by atoms with Gasteiger partial charge in [-0.15, -0.1) is 0 Å². The SMILES string of the molecule is COCc1c(C(=O)O)ccn1C(C)C. The van der Waals surface area contributed by atoms with E-state index in [9.17, 15) is 4.79 Å². The smallest absolute Gasteiger partial charge is 0.337 e. The van der Waals surface area contributed by atoms with Crippen LogP contribution in [-0.2, 0) is 11.3 Å². The Morgan fingerprint density at radius 2 is 2.29 bits per heavy atom. The molecule has 0 unspecified atom stereocenters. The Bertz CT molecular complexity index is 328. The van der Waals surface area contributed by atoms with E-state index in [-0.39, 0.29) is 6.04 Å². The molecule has 78 valence electrons. The van der Waals surface area contributed by atoms with Crippen LogP contribution in [0.1, 0.15) is 35.9 Å². The van der Waals surface area contributed by atoms with Crippen LogP contribution in [0.15, 0.2) is 12.3 Å². The minimum atomic E-state index is -0.906. The van der Waals surface area contributed by atoms with Crippen molar-refractivity contribution in [3.8, 4) is 0 Å². The third-order valence-electron chi connectivity index (χ3n) is 2.09. The molecule has 0 amide bonds. The van der Waals surface area contributed by atoms with E-state index in [1.165, 1.54) is 0 Å². The molecular weight excluding hydrogens is 182 g/mol. The number of carboxylic acids is 1. The van der Waals surface area contributed by atoms with Gasteiger partial charge in [0.2, 0.25) is 0 Å². The molecule has 0 aliphatic rings. The maximum atomic E-state index is 10.9. The molecule has 0 fully saturated rings. The average Bonchev–Trinajstić information content (AvgIpc) is 2.48. The second-order valence-electron chi connectivity index (χ2n) is 3.42. The molecular formula is C10H15NO3. The van der Waals surface area contributed by atoms with Gasteiger partial charge >= 0.3 is 5.97 Å². The van der Waals surface area contributed by atoms with E-state index in [1.807, 2.05) is 18.4 Å². The molecule has 0 aliphatic carbocycles. The van der Waals surface area contributed by atoms with Crippen LogP contribution in [0.2, 0.25) is 0 Å². The van der Waals surface area contributed by atoms with Crippen LogP contribution in [0.3, 0.4) is 0 Å². The van der Waals surface area contributed by atoms with Crippen LogP contribution in [0, 0.1) is 0 Å². The van der Waals surface area contributed by atoms with E-state index in [0.29, 0.717) is 12.2 Å². The van der Waals surface area contributed by atoms with E-state index in [0.717, 1.165) is 5.69 Å². The van der Waals surface area contributed by atoms with E-state index in [1.54, 1.807) is 19.4 Å². The maximum Gasteiger partial charge on any atom is 0.337 e. The lowest BCUT2D eigenvalue weighted by molar-refractivity contribution is 0.0691. The molecule has 4 heteroatoms. The van der Waals surface area contributed by atoms with E-state index in [4.69, 9.17) is 9.84 Å². The van der Waals surface area contributed by atoms with Crippen molar-refractivity contribution < 1.29 is 14.6 Å². The minimum Gasteiger partial charge on any atom is -0.478 e. The minimum absolute atomic E-state index is 0.244. The van der Waals surface area contributed by atoms with Crippen LogP contribution in [-0.4, -0.2) is 22.8 Å². The first kappa shape index (κ1) is 10.8. The molecule has 0 bridgehead atoms. The van der Waals surface area contributed by atoms with Gasteiger partial charge in [-0.2, -0.15) is 0 Å². The number of hydrogen-bond donors (Lipinski definition) is 1. The molecule has 0 saturated heterocycles. The number of aromatic nitrogens is 1. The fourth-order valence-corrected chi connectivity index (χ4v) is 1.45. The summed E-state index contributed by atoms with van der Waals surface area (Å²) in [5.74, 6) is -0.906. The molecule has 1 aromatic rings. The summed E-state index contributed by atoms with van der Waals surface area (Å²) in [6.07, 6.45) is 1.78. The van der Waals surface area contributed by atoms with Crippen LogP contribution in [0.25, 0.3) is 0 Å². The lowest BCUT2D eigenvalue weighted by Crippen LogP contribution is -2.09. The highest BCUT2D eigenvalue weighted by molar-refractivity contribution is 5.89. The first-order valence-electron chi connectivity index (χ1n) is 4.49. The molecule has 0 atom stereocenters. The molecule has 1 aromatic heterocycles. The van der Waals surface area contributed by atoms with Crippen molar-refractivity contribution in [2.24, 2.45) is 0 Å². The summed E-state index contributed by atoms with van der Waals surface area (Å²) >= 11 is 0. The molecule has 0 aliphatic heterocycles. The number of nitrogens with zero attached hydrogens (tertiary/aromatic N) is 1. The summed E-state index contributed by atoms with van der Waals surface area (Å²) < 4.78 is 6.89. The van der Waals surface area contributed by atoms with Gasteiger partial charge in [0.15, 0.2) is 0 Å². The highest BCUT2D eigenvalue weighted by Gasteiger charge is 2.15. The lowest BCUT2D eigenvalue weighted by atomic mass is 10.2. The summed E-state index contributed by atoms with van der Waals surface area (Å²) in [5.41, 5.74) is 1.04. The molecule has 14 heavy (non-hydrogen) atoms. The lowest BCUT2D eigenvalue weighted by Gasteiger charge is -2.12. The Labute approximate surface area is 83.1 Å². The predicted octanol–water partition coefficient (Wildman–Crippen LogP) is 1.91. The summed E-state index contributed by atoms with van der Waals surface area (Å²) in [5, 5.41) is 8.92.